The van der Waals surface area contributed by atoms with Gasteiger partial charge < -0.3 is 0 Å². The van der Waals surface area contributed by atoms with E-state index < -0.39 is 0 Å². The summed E-state index contributed by atoms with van der Waals surface area (Å²) in [6, 6.07) is 17.0. The number of thiophene rings is 1. The fourth-order valence-electron chi connectivity index (χ4n) is 5.17. The summed E-state index contributed by atoms with van der Waals surface area (Å²) >= 11 is 1.80. The predicted molar refractivity (Wildman–Crippen MR) is 142 cm³/mol. The predicted octanol–water partition coefficient (Wildman–Crippen LogP) is 8.37. The third-order valence-corrected chi connectivity index (χ3v) is 8.20. The van der Waals surface area contributed by atoms with E-state index in [4.69, 9.17) is 0 Å². The number of ketones is 1. The van der Waals surface area contributed by atoms with Gasteiger partial charge in [0.2, 0.25) is 0 Å². The van der Waals surface area contributed by atoms with Gasteiger partial charge in [-0.15, -0.1) is 11.3 Å². The Morgan fingerprint density at radius 3 is 2.36 bits per heavy atom. The zero-order valence-corrected chi connectivity index (χ0v) is 20.4. The van der Waals surface area contributed by atoms with Crippen molar-refractivity contribution in [3.05, 3.63) is 118 Å². The number of benzene rings is 2. The molecule has 0 spiro atoms. The number of hydrogen-bond acceptors (Lipinski definition) is 2. The van der Waals surface area contributed by atoms with E-state index >= 15 is 0 Å². The average Bonchev–Trinajstić information content (AvgIpc) is 3.37. The number of allylic oxidation sites excluding steroid dienone is 5. The first-order chi connectivity index (χ1) is 15.7. The topological polar surface area (TPSA) is 17.1 Å². The summed E-state index contributed by atoms with van der Waals surface area (Å²) < 4.78 is 0. The van der Waals surface area contributed by atoms with Crippen LogP contribution >= 0.6 is 11.3 Å². The van der Waals surface area contributed by atoms with Gasteiger partial charge in [0.05, 0.1) is 0 Å². The summed E-state index contributed by atoms with van der Waals surface area (Å²) in [7, 11) is 0. The number of Topliss-reactive ketones (excluding diaryl/α,β-unsaturated/α-hetero) is 1. The van der Waals surface area contributed by atoms with Crippen LogP contribution in [-0.4, -0.2) is 5.78 Å². The molecule has 0 N–H and O–H groups in total. The maximum Gasteiger partial charge on any atom is 0.190 e. The molecule has 1 nitrogen and oxygen atoms in total. The summed E-state index contributed by atoms with van der Waals surface area (Å²) in [5.74, 6) is 0.158. The minimum atomic E-state index is -0.281. The SMILES string of the molecule is C=C/C=C\C=C/c1ccc2c(c1)C(C)(C)c1cc(/C=C3\C(=O)c4ccccc4C3(C)C)sc1-2. The second-order valence-corrected chi connectivity index (χ2v) is 10.9. The van der Waals surface area contributed by atoms with Gasteiger partial charge in [0.15, 0.2) is 5.78 Å². The lowest BCUT2D eigenvalue weighted by Crippen LogP contribution is -2.16. The van der Waals surface area contributed by atoms with Crippen molar-refractivity contribution >= 4 is 29.3 Å². The van der Waals surface area contributed by atoms with Crippen LogP contribution in [0.1, 0.15) is 65.2 Å². The second kappa shape index (κ2) is 7.67. The zero-order chi connectivity index (χ0) is 23.4. The molecule has 2 heteroatoms. The summed E-state index contributed by atoms with van der Waals surface area (Å²) in [6.45, 7) is 12.6. The summed E-state index contributed by atoms with van der Waals surface area (Å²) in [4.78, 5) is 15.7. The number of rotatable bonds is 4. The molecule has 1 aromatic heterocycles. The van der Waals surface area contributed by atoms with Gasteiger partial charge in [0.1, 0.15) is 0 Å². The molecule has 2 aliphatic rings. The Labute approximate surface area is 200 Å². The van der Waals surface area contributed by atoms with Crippen LogP contribution < -0.4 is 0 Å². The molecule has 0 radical (unpaired) electrons. The molecule has 0 bridgehead atoms. The van der Waals surface area contributed by atoms with Crippen molar-refractivity contribution in [2.24, 2.45) is 0 Å². The van der Waals surface area contributed by atoms with Crippen molar-refractivity contribution in [3.63, 3.8) is 0 Å². The van der Waals surface area contributed by atoms with E-state index in [1.54, 1.807) is 17.4 Å². The second-order valence-electron chi connectivity index (χ2n) is 9.86. The smallest absolute Gasteiger partial charge is 0.190 e. The molecule has 164 valence electrons. The number of hydrogen-bond donors (Lipinski definition) is 0. The monoisotopic (exact) mass is 448 g/mol. The molecule has 0 unspecified atom stereocenters. The van der Waals surface area contributed by atoms with Crippen molar-refractivity contribution in [2.75, 3.05) is 0 Å². The van der Waals surface area contributed by atoms with Gasteiger partial charge in [-0.3, -0.25) is 4.79 Å². The Hall–Kier alpha value is -3.23. The van der Waals surface area contributed by atoms with Crippen LogP contribution in [0.3, 0.4) is 0 Å². The molecular formula is C31H28OS. The zero-order valence-electron chi connectivity index (χ0n) is 19.6. The van der Waals surface area contributed by atoms with Crippen LogP contribution in [0, 0.1) is 0 Å². The maximum absolute atomic E-state index is 13.2. The quantitative estimate of drug-likeness (QED) is 0.289. The Balaban J connectivity index is 1.54. The molecule has 0 saturated heterocycles. The standard InChI is InChI=1S/C31H28OS/c1-6-7-8-9-12-20-15-16-23-25(17-20)31(4,5)27-19-21(33-29(23)27)18-26-28(32)22-13-10-11-14-24(22)30(26,2)3/h6-19H,1H2,2-5H3/b8-7-,12-9-,26-18+. The third-order valence-electron chi connectivity index (χ3n) is 7.08. The number of carbonyl (C=O) groups excluding carboxylic acids is 1. The van der Waals surface area contributed by atoms with E-state index in [1.807, 2.05) is 36.4 Å². The normalized spacial score (nSPS) is 18.8. The van der Waals surface area contributed by atoms with Crippen molar-refractivity contribution in [1.82, 2.24) is 0 Å². The van der Waals surface area contributed by atoms with Gasteiger partial charge in [-0.2, -0.15) is 0 Å². The van der Waals surface area contributed by atoms with E-state index in [0.29, 0.717) is 0 Å². The highest BCUT2D eigenvalue weighted by molar-refractivity contribution is 7.16. The van der Waals surface area contributed by atoms with E-state index in [-0.39, 0.29) is 16.6 Å². The summed E-state index contributed by atoms with van der Waals surface area (Å²) in [6.07, 6.45) is 12.0. The highest BCUT2D eigenvalue weighted by atomic mass is 32.1. The molecule has 1 heterocycles. The lowest BCUT2D eigenvalue weighted by atomic mass is 9.81. The highest BCUT2D eigenvalue weighted by Gasteiger charge is 2.41. The van der Waals surface area contributed by atoms with Gasteiger partial charge >= 0.3 is 0 Å². The molecule has 0 saturated carbocycles. The molecule has 2 aromatic carbocycles. The largest absolute Gasteiger partial charge is 0.289 e. The fraction of sp³-hybridized carbons (Fsp3) is 0.194. The highest BCUT2D eigenvalue weighted by Crippen LogP contribution is 2.53. The van der Waals surface area contributed by atoms with Crippen LogP contribution in [0.25, 0.3) is 22.6 Å². The maximum atomic E-state index is 13.2. The van der Waals surface area contributed by atoms with Crippen molar-refractivity contribution in [1.29, 1.82) is 0 Å². The Bertz CT molecular complexity index is 1390. The van der Waals surface area contributed by atoms with Crippen molar-refractivity contribution < 1.29 is 4.79 Å². The lowest BCUT2D eigenvalue weighted by molar-refractivity contribution is 0.103. The Morgan fingerprint density at radius 1 is 0.818 bits per heavy atom. The molecular weight excluding hydrogens is 420 g/mol. The summed E-state index contributed by atoms with van der Waals surface area (Å²) in [5, 5.41) is 0. The molecule has 5 rings (SSSR count). The average molecular weight is 449 g/mol. The van der Waals surface area contributed by atoms with E-state index in [0.717, 1.165) is 21.6 Å². The van der Waals surface area contributed by atoms with Crippen LogP contribution in [0.5, 0.6) is 0 Å². The molecule has 0 atom stereocenters. The van der Waals surface area contributed by atoms with Crippen LogP contribution in [0.2, 0.25) is 0 Å². The molecule has 0 fully saturated rings. The molecule has 3 aromatic rings. The first kappa shape index (κ1) is 21.6. The van der Waals surface area contributed by atoms with Gasteiger partial charge in [-0.25, -0.2) is 0 Å². The van der Waals surface area contributed by atoms with Gasteiger partial charge in [0.25, 0.3) is 0 Å². The van der Waals surface area contributed by atoms with Gasteiger partial charge in [-0.05, 0) is 40.0 Å². The first-order valence-electron chi connectivity index (χ1n) is 11.4. The van der Waals surface area contributed by atoms with Gasteiger partial charge in [0, 0.05) is 31.7 Å². The van der Waals surface area contributed by atoms with Crippen LogP contribution in [0.15, 0.2) is 85.0 Å². The lowest BCUT2D eigenvalue weighted by Gasteiger charge is -2.21. The molecule has 2 aliphatic carbocycles. The fourth-order valence-corrected chi connectivity index (χ4v) is 6.47. The molecule has 33 heavy (non-hydrogen) atoms. The minimum Gasteiger partial charge on any atom is -0.289 e. The molecule has 0 amide bonds. The van der Waals surface area contributed by atoms with Crippen molar-refractivity contribution in [3.8, 4) is 10.4 Å². The first-order valence-corrected chi connectivity index (χ1v) is 12.2. The van der Waals surface area contributed by atoms with Crippen molar-refractivity contribution in [2.45, 2.75) is 38.5 Å². The minimum absolute atomic E-state index is 0.0725. The Kier molecular flexibility index (Phi) is 5.02. The van der Waals surface area contributed by atoms with E-state index in [9.17, 15) is 4.79 Å². The van der Waals surface area contributed by atoms with Crippen LogP contribution in [-0.2, 0) is 10.8 Å². The van der Waals surface area contributed by atoms with Gasteiger partial charge in [-0.1, -0.05) is 107 Å². The van der Waals surface area contributed by atoms with E-state index in [2.05, 4.69) is 76.8 Å². The number of carbonyl (C=O) groups is 1. The van der Waals surface area contributed by atoms with Crippen LogP contribution in [0.4, 0.5) is 0 Å². The van der Waals surface area contributed by atoms with E-state index in [1.165, 1.54) is 27.1 Å². The Morgan fingerprint density at radius 2 is 1.61 bits per heavy atom. The molecule has 0 aliphatic heterocycles. The third kappa shape index (κ3) is 3.32. The summed E-state index contributed by atoms with van der Waals surface area (Å²) in [5.41, 5.74) is 7.72. The number of fused-ring (bicyclic) bond motifs is 4.